The first-order valence-electron chi connectivity index (χ1n) is 9.19. The molecular weight excluding hydrogens is 294 g/mol. The summed E-state index contributed by atoms with van der Waals surface area (Å²) in [6.07, 6.45) is 6.39. The van der Waals surface area contributed by atoms with Crippen molar-refractivity contribution < 1.29 is 14.6 Å². The fourth-order valence-electron chi connectivity index (χ4n) is 4.18. The Labute approximate surface area is 138 Å². The van der Waals surface area contributed by atoms with Gasteiger partial charge in [-0.15, -0.1) is 0 Å². The van der Waals surface area contributed by atoms with Gasteiger partial charge in [-0.3, -0.25) is 9.69 Å². The minimum atomic E-state index is -0.645. The largest absolute Gasteiger partial charge is 0.379 e. The lowest BCUT2D eigenvalue weighted by Gasteiger charge is -2.45. The van der Waals surface area contributed by atoms with Crippen molar-refractivity contribution in [2.75, 3.05) is 39.4 Å². The van der Waals surface area contributed by atoms with Crippen molar-refractivity contribution in [1.29, 1.82) is 0 Å². The van der Waals surface area contributed by atoms with E-state index >= 15 is 0 Å². The molecule has 1 saturated carbocycles. The van der Waals surface area contributed by atoms with Gasteiger partial charge in [0.1, 0.15) is 6.23 Å². The van der Waals surface area contributed by atoms with Crippen LogP contribution in [0.3, 0.4) is 0 Å². The SMILES string of the molecule is NC(CC(O)N1CCOCC1)C(=O)N1CC(C2CCCCC2)C1. The van der Waals surface area contributed by atoms with E-state index in [1.165, 1.54) is 32.1 Å². The highest BCUT2D eigenvalue weighted by molar-refractivity contribution is 5.82. The number of carbonyl (C=O) groups is 1. The molecule has 2 unspecified atom stereocenters. The number of rotatable bonds is 5. The third-order valence-electron chi connectivity index (χ3n) is 5.79. The summed E-state index contributed by atoms with van der Waals surface area (Å²) in [5, 5.41) is 10.2. The normalized spacial score (nSPS) is 27.5. The van der Waals surface area contributed by atoms with Crippen LogP contribution in [0.2, 0.25) is 0 Å². The van der Waals surface area contributed by atoms with E-state index in [9.17, 15) is 9.90 Å². The number of nitrogens with two attached hydrogens (primary N) is 1. The molecule has 0 radical (unpaired) electrons. The third-order valence-corrected chi connectivity index (χ3v) is 5.79. The summed E-state index contributed by atoms with van der Waals surface area (Å²) in [6, 6.07) is -0.597. The van der Waals surface area contributed by atoms with Gasteiger partial charge in [0.25, 0.3) is 0 Å². The van der Waals surface area contributed by atoms with Crippen LogP contribution < -0.4 is 5.73 Å². The highest BCUT2D eigenvalue weighted by Crippen LogP contribution is 2.35. The lowest BCUT2D eigenvalue weighted by Crippen LogP contribution is -2.58. The van der Waals surface area contributed by atoms with Gasteiger partial charge in [-0.1, -0.05) is 32.1 Å². The van der Waals surface area contributed by atoms with Gasteiger partial charge >= 0.3 is 0 Å². The van der Waals surface area contributed by atoms with Crippen molar-refractivity contribution in [3.8, 4) is 0 Å². The van der Waals surface area contributed by atoms with Gasteiger partial charge < -0.3 is 20.5 Å². The second kappa shape index (κ2) is 7.92. The van der Waals surface area contributed by atoms with Crippen molar-refractivity contribution in [2.24, 2.45) is 17.6 Å². The summed E-state index contributed by atoms with van der Waals surface area (Å²) in [4.78, 5) is 16.2. The molecule has 3 rings (SSSR count). The molecule has 2 saturated heterocycles. The lowest BCUT2D eigenvalue weighted by molar-refractivity contribution is -0.143. The van der Waals surface area contributed by atoms with Crippen LogP contribution >= 0.6 is 0 Å². The average Bonchev–Trinajstić information content (AvgIpc) is 2.55. The van der Waals surface area contributed by atoms with E-state index in [1.807, 2.05) is 9.80 Å². The van der Waals surface area contributed by atoms with Gasteiger partial charge in [0.05, 0.1) is 19.3 Å². The molecule has 1 aliphatic carbocycles. The molecule has 23 heavy (non-hydrogen) atoms. The van der Waals surface area contributed by atoms with Crippen LogP contribution in [-0.2, 0) is 9.53 Å². The minimum Gasteiger partial charge on any atom is -0.379 e. The summed E-state index contributed by atoms with van der Waals surface area (Å²) in [5.74, 6) is 1.49. The number of likely N-dealkylation sites (tertiary alicyclic amines) is 1. The van der Waals surface area contributed by atoms with E-state index in [2.05, 4.69) is 0 Å². The standard InChI is InChI=1S/C17H31N3O3/c18-15(10-16(21)19-6-8-23-9-7-19)17(22)20-11-14(12-20)13-4-2-1-3-5-13/h13-16,21H,1-12,18H2. The molecule has 2 aliphatic heterocycles. The van der Waals surface area contributed by atoms with Crippen molar-refractivity contribution in [3.63, 3.8) is 0 Å². The van der Waals surface area contributed by atoms with Crippen LogP contribution in [0, 0.1) is 11.8 Å². The number of carbonyl (C=O) groups excluding carboxylic acids is 1. The van der Waals surface area contributed by atoms with Crippen LogP contribution in [0.5, 0.6) is 0 Å². The molecule has 0 bridgehead atoms. The summed E-state index contributed by atoms with van der Waals surface area (Å²) in [6.45, 7) is 4.41. The van der Waals surface area contributed by atoms with E-state index in [-0.39, 0.29) is 5.91 Å². The second-order valence-electron chi connectivity index (χ2n) is 7.37. The van der Waals surface area contributed by atoms with E-state index < -0.39 is 12.3 Å². The van der Waals surface area contributed by atoms with Crippen LogP contribution in [0.4, 0.5) is 0 Å². The molecule has 0 aromatic heterocycles. The van der Waals surface area contributed by atoms with Crippen LogP contribution in [-0.4, -0.2) is 72.5 Å². The quantitative estimate of drug-likeness (QED) is 0.765. The second-order valence-corrected chi connectivity index (χ2v) is 7.37. The van der Waals surface area contributed by atoms with Gasteiger partial charge in [0.15, 0.2) is 0 Å². The fraction of sp³-hybridized carbons (Fsp3) is 0.941. The summed E-state index contributed by atoms with van der Waals surface area (Å²) in [7, 11) is 0. The number of morpholine rings is 1. The zero-order valence-electron chi connectivity index (χ0n) is 14.0. The van der Waals surface area contributed by atoms with Gasteiger partial charge in [0.2, 0.25) is 5.91 Å². The molecule has 0 spiro atoms. The Bertz CT molecular complexity index is 389. The van der Waals surface area contributed by atoms with Crippen molar-refractivity contribution in [2.45, 2.75) is 50.8 Å². The van der Waals surface area contributed by atoms with E-state index in [0.717, 1.165) is 19.0 Å². The lowest BCUT2D eigenvalue weighted by atomic mass is 9.76. The Balaban J connectivity index is 1.39. The molecule has 2 heterocycles. The number of aliphatic hydroxyl groups excluding tert-OH is 1. The van der Waals surface area contributed by atoms with E-state index in [0.29, 0.717) is 38.6 Å². The number of hydrogen-bond acceptors (Lipinski definition) is 5. The highest BCUT2D eigenvalue weighted by Gasteiger charge is 2.38. The molecule has 132 valence electrons. The van der Waals surface area contributed by atoms with E-state index in [4.69, 9.17) is 10.5 Å². The first-order valence-corrected chi connectivity index (χ1v) is 9.19. The average molecular weight is 325 g/mol. The molecule has 0 aromatic carbocycles. The maximum Gasteiger partial charge on any atom is 0.239 e. The highest BCUT2D eigenvalue weighted by atomic mass is 16.5. The Hall–Kier alpha value is -0.690. The number of nitrogens with zero attached hydrogens (tertiary/aromatic N) is 2. The Morgan fingerprint density at radius 3 is 2.43 bits per heavy atom. The Kier molecular flexibility index (Phi) is 5.91. The Morgan fingerprint density at radius 2 is 1.78 bits per heavy atom. The molecule has 2 atom stereocenters. The molecule has 6 heteroatoms. The number of aliphatic hydroxyl groups is 1. The molecule has 6 nitrogen and oxygen atoms in total. The monoisotopic (exact) mass is 325 g/mol. The van der Waals surface area contributed by atoms with Gasteiger partial charge in [-0.2, -0.15) is 0 Å². The predicted molar refractivity (Wildman–Crippen MR) is 87.6 cm³/mol. The number of hydrogen-bond donors (Lipinski definition) is 2. The van der Waals surface area contributed by atoms with Gasteiger partial charge in [-0.05, 0) is 11.8 Å². The molecule has 0 aromatic rings. The zero-order chi connectivity index (χ0) is 16.2. The summed E-state index contributed by atoms with van der Waals surface area (Å²) >= 11 is 0. The van der Waals surface area contributed by atoms with Crippen molar-refractivity contribution in [1.82, 2.24) is 9.80 Å². The van der Waals surface area contributed by atoms with Gasteiger partial charge in [-0.25, -0.2) is 0 Å². The molecule has 3 aliphatic rings. The minimum absolute atomic E-state index is 0.00405. The smallest absolute Gasteiger partial charge is 0.239 e. The predicted octanol–water partition coefficient (Wildman–Crippen LogP) is 0.393. The van der Waals surface area contributed by atoms with Crippen LogP contribution in [0.1, 0.15) is 38.5 Å². The van der Waals surface area contributed by atoms with Crippen LogP contribution in [0.25, 0.3) is 0 Å². The van der Waals surface area contributed by atoms with Crippen molar-refractivity contribution in [3.05, 3.63) is 0 Å². The topological polar surface area (TPSA) is 79.0 Å². The summed E-state index contributed by atoms with van der Waals surface area (Å²) < 4.78 is 5.28. The zero-order valence-corrected chi connectivity index (χ0v) is 14.0. The summed E-state index contributed by atoms with van der Waals surface area (Å²) in [5.41, 5.74) is 6.05. The molecular formula is C17H31N3O3. The third kappa shape index (κ3) is 4.24. The first kappa shape index (κ1) is 17.1. The fourth-order valence-corrected chi connectivity index (χ4v) is 4.18. The van der Waals surface area contributed by atoms with Crippen LogP contribution in [0.15, 0.2) is 0 Å². The maximum absolute atomic E-state index is 12.4. The number of ether oxygens (including phenoxy) is 1. The number of amides is 1. The Morgan fingerprint density at radius 1 is 1.13 bits per heavy atom. The molecule has 3 fully saturated rings. The van der Waals surface area contributed by atoms with E-state index in [1.54, 1.807) is 0 Å². The molecule has 3 N–H and O–H groups in total. The first-order chi connectivity index (χ1) is 11.1. The molecule has 1 amide bonds. The van der Waals surface area contributed by atoms with Gasteiger partial charge in [0, 0.05) is 32.6 Å². The maximum atomic E-state index is 12.4. The van der Waals surface area contributed by atoms with Crippen molar-refractivity contribution >= 4 is 5.91 Å².